The van der Waals surface area contributed by atoms with Crippen LogP contribution in [0, 0.1) is 0 Å². The first kappa shape index (κ1) is 10.1. The summed E-state index contributed by atoms with van der Waals surface area (Å²) in [7, 11) is 0. The van der Waals surface area contributed by atoms with E-state index in [1.165, 1.54) is 0 Å². The molecule has 1 atom stereocenters. The Hall–Kier alpha value is -0.900. The van der Waals surface area contributed by atoms with E-state index in [2.05, 4.69) is 5.32 Å². The minimum absolute atomic E-state index is 0.459. The topological polar surface area (TPSA) is 72.2 Å². The van der Waals surface area contributed by atoms with E-state index in [-0.39, 0.29) is 0 Å². The molecule has 1 amide bonds. The van der Waals surface area contributed by atoms with Gasteiger partial charge < -0.3 is 11.1 Å². The van der Waals surface area contributed by atoms with E-state index in [9.17, 15) is 9.59 Å². The molecule has 4 nitrogen and oxygen atoms in total. The molecule has 0 fully saturated rings. The molecule has 0 aliphatic heterocycles. The molecule has 0 aliphatic carbocycles. The first-order valence-corrected chi connectivity index (χ1v) is 3.62. The van der Waals surface area contributed by atoms with Crippen LogP contribution in [0.4, 0.5) is 0 Å². The van der Waals surface area contributed by atoms with E-state index in [4.69, 9.17) is 5.73 Å². The molecule has 4 heteroatoms. The second-order valence-electron chi connectivity index (χ2n) is 2.24. The lowest BCUT2D eigenvalue weighted by Gasteiger charge is -2.05. The van der Waals surface area contributed by atoms with Crippen LogP contribution in [-0.2, 0) is 9.59 Å². The van der Waals surface area contributed by atoms with Gasteiger partial charge in [0.05, 0.1) is 6.04 Å². The van der Waals surface area contributed by atoms with Gasteiger partial charge in [-0.15, -0.1) is 0 Å². The molecular weight excluding hydrogens is 144 g/mol. The highest BCUT2D eigenvalue weighted by Gasteiger charge is 2.04. The third kappa shape index (κ3) is 5.54. The minimum Gasteiger partial charge on any atom is -0.348 e. The van der Waals surface area contributed by atoms with Gasteiger partial charge in [0, 0.05) is 0 Å². The van der Waals surface area contributed by atoms with E-state index in [1.54, 1.807) is 6.29 Å². The number of nitrogens with two attached hydrogens (primary N) is 1. The zero-order chi connectivity index (χ0) is 8.53. The molecule has 0 heterocycles. The standard InChI is InChI=1S/C7H13N2O2/c8-4-2-1-3-7(5-10)9-6-11/h6-7H,1-4,8H2,(H,9,11)/t7-/m0/s1. The van der Waals surface area contributed by atoms with Gasteiger partial charge in [0.25, 0.3) is 0 Å². The smallest absolute Gasteiger partial charge is 0.222 e. The molecular formula is C7H13N2O2. The van der Waals surface area contributed by atoms with Gasteiger partial charge in [0.1, 0.15) is 0 Å². The van der Waals surface area contributed by atoms with Crippen LogP contribution in [0.5, 0.6) is 0 Å². The zero-order valence-corrected chi connectivity index (χ0v) is 6.38. The molecule has 0 unspecified atom stereocenters. The third-order valence-corrected chi connectivity index (χ3v) is 1.36. The molecule has 63 valence electrons. The van der Waals surface area contributed by atoms with Crippen molar-refractivity contribution < 1.29 is 9.59 Å². The van der Waals surface area contributed by atoms with Gasteiger partial charge in [-0.1, -0.05) is 0 Å². The Morgan fingerprint density at radius 3 is 2.73 bits per heavy atom. The predicted octanol–water partition coefficient (Wildman–Crippen LogP) is -0.660. The first-order chi connectivity index (χ1) is 5.35. The lowest BCUT2D eigenvalue weighted by Crippen LogP contribution is -2.29. The van der Waals surface area contributed by atoms with Gasteiger partial charge in [-0.3, -0.25) is 9.59 Å². The molecule has 0 saturated carbocycles. The molecule has 0 aromatic heterocycles. The van der Waals surface area contributed by atoms with Crippen LogP contribution in [0.3, 0.4) is 0 Å². The lowest BCUT2D eigenvalue weighted by atomic mass is 10.1. The van der Waals surface area contributed by atoms with E-state index in [1.807, 2.05) is 0 Å². The molecule has 0 aromatic carbocycles. The van der Waals surface area contributed by atoms with Gasteiger partial charge in [0.2, 0.25) is 12.7 Å². The van der Waals surface area contributed by atoms with Crippen molar-refractivity contribution >= 4 is 12.7 Å². The molecule has 0 spiro atoms. The van der Waals surface area contributed by atoms with Crippen LogP contribution < -0.4 is 11.1 Å². The largest absolute Gasteiger partial charge is 0.348 e. The Balaban J connectivity index is 3.35. The van der Waals surface area contributed by atoms with Crippen molar-refractivity contribution in [1.82, 2.24) is 5.32 Å². The van der Waals surface area contributed by atoms with Crippen molar-refractivity contribution in [2.75, 3.05) is 6.54 Å². The Morgan fingerprint density at radius 1 is 1.55 bits per heavy atom. The number of unbranched alkanes of at least 4 members (excludes halogenated alkanes) is 1. The normalized spacial score (nSPS) is 12.1. The number of carbonyl (C=O) groups excluding carboxylic acids is 2. The van der Waals surface area contributed by atoms with Crippen molar-refractivity contribution in [1.29, 1.82) is 0 Å². The van der Waals surface area contributed by atoms with Crippen molar-refractivity contribution in [3.8, 4) is 0 Å². The molecule has 0 aliphatic rings. The molecule has 11 heavy (non-hydrogen) atoms. The van der Waals surface area contributed by atoms with E-state index in [0.29, 0.717) is 19.4 Å². The summed E-state index contributed by atoms with van der Waals surface area (Å²) in [5, 5.41) is 2.35. The SMILES string of the molecule is NCCCC[C@@H]([C]=O)NC=O. The fourth-order valence-corrected chi connectivity index (χ4v) is 0.751. The molecule has 1 radical (unpaired) electrons. The molecule has 3 N–H and O–H groups in total. The third-order valence-electron chi connectivity index (χ3n) is 1.36. The van der Waals surface area contributed by atoms with Crippen LogP contribution in [0.25, 0.3) is 0 Å². The van der Waals surface area contributed by atoms with Gasteiger partial charge in [-0.05, 0) is 25.8 Å². The van der Waals surface area contributed by atoms with E-state index >= 15 is 0 Å². The predicted molar refractivity (Wildman–Crippen MR) is 41.6 cm³/mol. The van der Waals surface area contributed by atoms with Crippen molar-refractivity contribution in [2.45, 2.75) is 25.3 Å². The number of carbonyl (C=O) groups is 1. The van der Waals surface area contributed by atoms with Crippen molar-refractivity contribution in [3.63, 3.8) is 0 Å². The number of hydrogen-bond acceptors (Lipinski definition) is 3. The molecule has 0 aromatic rings. The second kappa shape index (κ2) is 7.21. The van der Waals surface area contributed by atoms with Crippen molar-refractivity contribution in [3.05, 3.63) is 0 Å². The summed E-state index contributed by atoms with van der Waals surface area (Å²) in [6, 6.07) is -0.459. The minimum atomic E-state index is -0.459. The van der Waals surface area contributed by atoms with Crippen LogP contribution in [0.15, 0.2) is 0 Å². The Labute approximate surface area is 66.1 Å². The van der Waals surface area contributed by atoms with Crippen LogP contribution in [0.2, 0.25) is 0 Å². The van der Waals surface area contributed by atoms with E-state index < -0.39 is 6.04 Å². The maximum atomic E-state index is 10.1. The van der Waals surface area contributed by atoms with Gasteiger partial charge >= 0.3 is 0 Å². The maximum absolute atomic E-state index is 10.1. The monoisotopic (exact) mass is 157 g/mol. The van der Waals surface area contributed by atoms with Crippen molar-refractivity contribution in [2.24, 2.45) is 5.73 Å². The Morgan fingerprint density at radius 2 is 2.27 bits per heavy atom. The number of rotatable bonds is 7. The zero-order valence-electron chi connectivity index (χ0n) is 6.38. The van der Waals surface area contributed by atoms with Crippen LogP contribution >= 0.6 is 0 Å². The number of nitrogens with one attached hydrogen (secondary N) is 1. The van der Waals surface area contributed by atoms with Gasteiger partial charge in [-0.25, -0.2) is 0 Å². The molecule has 0 bridgehead atoms. The fraction of sp³-hybridized carbons (Fsp3) is 0.714. The number of amides is 1. The summed E-state index contributed by atoms with van der Waals surface area (Å²) < 4.78 is 0. The summed E-state index contributed by atoms with van der Waals surface area (Å²) in [5.74, 6) is 0. The highest BCUT2D eigenvalue weighted by molar-refractivity contribution is 5.63. The average molecular weight is 157 g/mol. The quantitative estimate of drug-likeness (QED) is 0.380. The average Bonchev–Trinajstić information content (AvgIpc) is 2.03. The van der Waals surface area contributed by atoms with Gasteiger partial charge in [0.15, 0.2) is 0 Å². The Bertz CT molecular complexity index is 117. The van der Waals surface area contributed by atoms with Crippen LogP contribution in [0.1, 0.15) is 19.3 Å². The first-order valence-electron chi connectivity index (χ1n) is 3.62. The van der Waals surface area contributed by atoms with Crippen LogP contribution in [-0.4, -0.2) is 25.3 Å². The summed E-state index contributed by atoms with van der Waals surface area (Å²) in [5.41, 5.74) is 5.24. The summed E-state index contributed by atoms with van der Waals surface area (Å²) >= 11 is 0. The van der Waals surface area contributed by atoms with Gasteiger partial charge in [-0.2, -0.15) is 0 Å². The fourth-order valence-electron chi connectivity index (χ4n) is 0.751. The highest BCUT2D eigenvalue weighted by Crippen LogP contribution is 1.96. The molecule has 0 saturated heterocycles. The summed E-state index contributed by atoms with van der Waals surface area (Å²) in [6.07, 6.45) is 4.58. The number of hydrogen-bond donors (Lipinski definition) is 2. The summed E-state index contributed by atoms with van der Waals surface area (Å²) in [4.78, 5) is 20.0. The molecule has 0 rings (SSSR count). The second-order valence-corrected chi connectivity index (χ2v) is 2.24. The maximum Gasteiger partial charge on any atom is 0.222 e. The lowest BCUT2D eigenvalue weighted by molar-refractivity contribution is -0.109. The Kier molecular flexibility index (Phi) is 6.62. The van der Waals surface area contributed by atoms with E-state index in [0.717, 1.165) is 12.8 Å². The highest BCUT2D eigenvalue weighted by atomic mass is 16.1. The summed E-state index contributed by atoms with van der Waals surface area (Å²) in [6.45, 7) is 0.618.